The number of amides is 1. The number of rotatable bonds is 4. The van der Waals surface area contributed by atoms with E-state index >= 15 is 0 Å². The largest absolute Gasteiger partial charge is 0.464 e. The van der Waals surface area contributed by atoms with Crippen molar-refractivity contribution in [1.82, 2.24) is 4.98 Å². The topological polar surface area (TPSA) is 77.5 Å². The van der Waals surface area contributed by atoms with Crippen molar-refractivity contribution in [3.05, 3.63) is 59.8 Å². The zero-order valence-corrected chi connectivity index (χ0v) is 11.4. The number of carbonyl (C=O) groups excluding carboxylic acids is 2. The fourth-order valence-electron chi connectivity index (χ4n) is 1.59. The lowest BCUT2D eigenvalue weighted by Gasteiger charge is -2.07. The molecule has 0 radical (unpaired) electrons. The number of ether oxygens (including phenoxy) is 2. The number of esters is 1. The molecule has 0 spiro atoms. The van der Waals surface area contributed by atoms with Crippen LogP contribution in [-0.2, 0) is 16.1 Å². The van der Waals surface area contributed by atoms with Crippen molar-refractivity contribution < 1.29 is 19.1 Å². The minimum Gasteiger partial charge on any atom is -0.464 e. The molecule has 1 aromatic carbocycles. The molecule has 0 bridgehead atoms. The van der Waals surface area contributed by atoms with Crippen molar-refractivity contribution in [3.63, 3.8) is 0 Å². The number of pyridine rings is 1. The lowest BCUT2D eigenvalue weighted by Crippen LogP contribution is -2.15. The van der Waals surface area contributed by atoms with Gasteiger partial charge in [-0.3, -0.25) is 5.32 Å². The first-order valence-corrected chi connectivity index (χ1v) is 6.22. The summed E-state index contributed by atoms with van der Waals surface area (Å²) in [7, 11) is 1.26. The molecule has 1 aromatic heterocycles. The molecule has 2 aromatic rings. The predicted molar refractivity (Wildman–Crippen MR) is 75.8 cm³/mol. The molecule has 0 aliphatic rings. The summed E-state index contributed by atoms with van der Waals surface area (Å²) >= 11 is 0. The Morgan fingerprint density at radius 3 is 2.57 bits per heavy atom. The molecule has 0 saturated carbocycles. The highest BCUT2D eigenvalue weighted by Gasteiger charge is 2.10. The normalized spacial score (nSPS) is 9.76. The van der Waals surface area contributed by atoms with Crippen molar-refractivity contribution >= 4 is 17.9 Å². The predicted octanol–water partition coefficient (Wildman–Crippen LogP) is 2.62. The Balaban J connectivity index is 1.92. The molecule has 1 heterocycles. The highest BCUT2D eigenvalue weighted by molar-refractivity contribution is 5.89. The van der Waals surface area contributed by atoms with Crippen LogP contribution in [0.2, 0.25) is 0 Å². The minimum absolute atomic E-state index is 0.110. The van der Waals surface area contributed by atoms with Crippen LogP contribution in [0, 0.1) is 0 Å². The van der Waals surface area contributed by atoms with Gasteiger partial charge in [-0.05, 0) is 17.7 Å². The van der Waals surface area contributed by atoms with Crippen molar-refractivity contribution in [2.24, 2.45) is 0 Å². The molecule has 0 aliphatic carbocycles. The van der Waals surface area contributed by atoms with Crippen LogP contribution in [0.5, 0.6) is 0 Å². The van der Waals surface area contributed by atoms with E-state index in [0.717, 1.165) is 5.56 Å². The fraction of sp³-hybridized carbons (Fsp3) is 0.133. The Morgan fingerprint density at radius 1 is 1.10 bits per heavy atom. The zero-order valence-electron chi connectivity index (χ0n) is 11.4. The van der Waals surface area contributed by atoms with Gasteiger partial charge in [0.1, 0.15) is 12.4 Å². The number of hydrogen-bond acceptors (Lipinski definition) is 5. The first-order chi connectivity index (χ1) is 10.2. The van der Waals surface area contributed by atoms with E-state index in [-0.39, 0.29) is 18.1 Å². The first-order valence-electron chi connectivity index (χ1n) is 6.22. The molecule has 6 nitrogen and oxygen atoms in total. The van der Waals surface area contributed by atoms with Gasteiger partial charge in [-0.25, -0.2) is 14.6 Å². The third-order valence-electron chi connectivity index (χ3n) is 2.59. The van der Waals surface area contributed by atoms with Crippen molar-refractivity contribution in [2.75, 3.05) is 12.4 Å². The van der Waals surface area contributed by atoms with Crippen LogP contribution in [0.25, 0.3) is 0 Å². The second-order valence-corrected chi connectivity index (χ2v) is 4.09. The standard InChI is InChI=1S/C15H14N2O4/c1-20-14(18)12-8-5-9-13(16-12)17-15(19)21-10-11-6-3-2-4-7-11/h2-9H,10H2,1H3,(H,16,17,19). The highest BCUT2D eigenvalue weighted by atomic mass is 16.5. The van der Waals surface area contributed by atoms with Crippen LogP contribution < -0.4 is 5.32 Å². The number of nitrogens with one attached hydrogen (secondary N) is 1. The molecule has 0 saturated heterocycles. The summed E-state index contributed by atoms with van der Waals surface area (Å²) in [6.07, 6.45) is -0.645. The van der Waals surface area contributed by atoms with Crippen LogP contribution in [0.1, 0.15) is 16.1 Å². The van der Waals surface area contributed by atoms with Gasteiger partial charge >= 0.3 is 12.1 Å². The van der Waals surface area contributed by atoms with E-state index in [1.165, 1.54) is 13.2 Å². The number of carbonyl (C=O) groups is 2. The fourth-order valence-corrected chi connectivity index (χ4v) is 1.59. The van der Waals surface area contributed by atoms with Crippen molar-refractivity contribution in [3.8, 4) is 0 Å². The molecule has 0 aliphatic heterocycles. The second kappa shape index (κ2) is 7.04. The lowest BCUT2D eigenvalue weighted by molar-refractivity contribution is 0.0594. The summed E-state index contributed by atoms with van der Waals surface area (Å²) in [6.45, 7) is 0.156. The van der Waals surface area contributed by atoms with E-state index in [1.807, 2.05) is 30.3 Å². The first kappa shape index (κ1) is 14.5. The Bertz CT molecular complexity index is 629. The maximum atomic E-state index is 11.6. The molecule has 1 amide bonds. The van der Waals surface area contributed by atoms with Gasteiger partial charge in [0.15, 0.2) is 5.69 Å². The summed E-state index contributed by atoms with van der Waals surface area (Å²) < 4.78 is 9.61. The molecule has 1 N–H and O–H groups in total. The third-order valence-corrected chi connectivity index (χ3v) is 2.59. The van der Waals surface area contributed by atoms with Gasteiger partial charge in [0.2, 0.25) is 0 Å². The number of hydrogen-bond donors (Lipinski definition) is 1. The SMILES string of the molecule is COC(=O)c1cccc(NC(=O)OCc2ccccc2)n1. The minimum atomic E-state index is -0.645. The van der Waals surface area contributed by atoms with Gasteiger partial charge < -0.3 is 9.47 Å². The quantitative estimate of drug-likeness (QED) is 0.874. The van der Waals surface area contributed by atoms with Crippen LogP contribution in [0.15, 0.2) is 48.5 Å². The van der Waals surface area contributed by atoms with Crippen LogP contribution >= 0.6 is 0 Å². The second-order valence-electron chi connectivity index (χ2n) is 4.09. The van der Waals surface area contributed by atoms with Gasteiger partial charge in [-0.1, -0.05) is 36.4 Å². The molecule has 108 valence electrons. The monoisotopic (exact) mass is 286 g/mol. The Morgan fingerprint density at radius 2 is 1.86 bits per heavy atom. The third kappa shape index (κ3) is 4.31. The molecular weight excluding hydrogens is 272 g/mol. The Kier molecular flexibility index (Phi) is 4.87. The lowest BCUT2D eigenvalue weighted by atomic mass is 10.2. The highest BCUT2D eigenvalue weighted by Crippen LogP contribution is 2.07. The van der Waals surface area contributed by atoms with Crippen molar-refractivity contribution in [1.29, 1.82) is 0 Å². The van der Waals surface area contributed by atoms with Crippen LogP contribution in [0.4, 0.5) is 10.6 Å². The summed E-state index contributed by atoms with van der Waals surface area (Å²) in [5, 5.41) is 2.45. The average molecular weight is 286 g/mol. The van der Waals surface area contributed by atoms with E-state index in [0.29, 0.717) is 0 Å². The van der Waals surface area contributed by atoms with Gasteiger partial charge in [0, 0.05) is 0 Å². The summed E-state index contributed by atoms with van der Waals surface area (Å²) in [5.41, 5.74) is 0.988. The number of nitrogens with zero attached hydrogens (tertiary/aromatic N) is 1. The summed E-state index contributed by atoms with van der Waals surface area (Å²) in [4.78, 5) is 26.9. The zero-order chi connectivity index (χ0) is 15.1. The average Bonchev–Trinajstić information content (AvgIpc) is 2.53. The maximum Gasteiger partial charge on any atom is 0.413 e. The molecule has 0 unspecified atom stereocenters. The van der Waals surface area contributed by atoms with Gasteiger partial charge in [0.05, 0.1) is 7.11 Å². The molecule has 2 rings (SSSR count). The number of aromatic nitrogens is 1. The van der Waals surface area contributed by atoms with Crippen LogP contribution in [0.3, 0.4) is 0 Å². The molecule has 6 heteroatoms. The van der Waals surface area contributed by atoms with E-state index < -0.39 is 12.1 Å². The maximum absolute atomic E-state index is 11.6. The van der Waals surface area contributed by atoms with E-state index in [9.17, 15) is 9.59 Å². The number of benzene rings is 1. The van der Waals surface area contributed by atoms with E-state index in [4.69, 9.17) is 4.74 Å². The molecule has 0 fully saturated rings. The van der Waals surface area contributed by atoms with E-state index in [2.05, 4.69) is 15.0 Å². The smallest absolute Gasteiger partial charge is 0.413 e. The Hall–Kier alpha value is -2.89. The van der Waals surface area contributed by atoms with E-state index in [1.54, 1.807) is 12.1 Å². The van der Waals surface area contributed by atoms with Gasteiger partial charge in [-0.15, -0.1) is 0 Å². The summed E-state index contributed by atoms with van der Waals surface area (Å²) in [6, 6.07) is 13.9. The van der Waals surface area contributed by atoms with Gasteiger partial charge in [-0.2, -0.15) is 0 Å². The van der Waals surface area contributed by atoms with Crippen LogP contribution in [-0.4, -0.2) is 24.2 Å². The molecular formula is C15H14N2O4. The summed E-state index contributed by atoms with van der Waals surface area (Å²) in [5.74, 6) is -0.354. The number of anilines is 1. The van der Waals surface area contributed by atoms with Crippen molar-refractivity contribution in [2.45, 2.75) is 6.61 Å². The number of methoxy groups -OCH3 is 1. The molecule has 0 atom stereocenters. The Labute approximate surface area is 121 Å². The van der Waals surface area contributed by atoms with Gasteiger partial charge in [0.25, 0.3) is 0 Å². The molecule has 21 heavy (non-hydrogen) atoms.